The van der Waals surface area contributed by atoms with E-state index in [1.54, 1.807) is 0 Å². The highest BCUT2D eigenvalue weighted by molar-refractivity contribution is 4.86. The third kappa shape index (κ3) is 5.27. The Hall–Kier alpha value is -0.0800. The van der Waals surface area contributed by atoms with Gasteiger partial charge in [0.2, 0.25) is 0 Å². The maximum Gasteiger partial charge on any atom is 0.0246 e. The van der Waals surface area contributed by atoms with E-state index < -0.39 is 0 Å². The molecule has 0 heterocycles. The average Bonchev–Trinajstić information content (AvgIpc) is 2.61. The zero-order valence-corrected chi connectivity index (χ0v) is 13.0. The summed E-state index contributed by atoms with van der Waals surface area (Å²) in [5, 5.41) is 3.79. The van der Waals surface area contributed by atoms with Crippen molar-refractivity contribution in [3.8, 4) is 0 Å². The molecular weight excluding hydrogens is 220 g/mol. The van der Waals surface area contributed by atoms with Crippen molar-refractivity contribution in [2.75, 3.05) is 20.1 Å². The molecule has 1 aliphatic carbocycles. The molecule has 108 valence electrons. The molecule has 0 spiro atoms. The summed E-state index contributed by atoms with van der Waals surface area (Å²) in [6, 6.07) is 1.48. The molecule has 0 aromatic carbocycles. The van der Waals surface area contributed by atoms with Crippen molar-refractivity contribution in [1.82, 2.24) is 10.2 Å². The Kier molecular flexibility index (Phi) is 7.92. The largest absolute Gasteiger partial charge is 0.312 e. The molecule has 2 nitrogen and oxygen atoms in total. The third-order valence-electron chi connectivity index (χ3n) is 4.50. The molecule has 0 radical (unpaired) electrons. The van der Waals surface area contributed by atoms with Crippen molar-refractivity contribution in [2.24, 2.45) is 5.92 Å². The van der Waals surface area contributed by atoms with Gasteiger partial charge >= 0.3 is 0 Å². The Morgan fingerprint density at radius 1 is 1.17 bits per heavy atom. The van der Waals surface area contributed by atoms with Gasteiger partial charge in [-0.2, -0.15) is 0 Å². The third-order valence-corrected chi connectivity index (χ3v) is 4.50. The van der Waals surface area contributed by atoms with Gasteiger partial charge in [0.25, 0.3) is 0 Å². The molecule has 1 rings (SSSR count). The molecule has 18 heavy (non-hydrogen) atoms. The van der Waals surface area contributed by atoms with Crippen LogP contribution in [0.25, 0.3) is 0 Å². The van der Waals surface area contributed by atoms with Gasteiger partial charge < -0.3 is 10.2 Å². The van der Waals surface area contributed by atoms with Crippen LogP contribution in [0, 0.1) is 5.92 Å². The summed E-state index contributed by atoms with van der Waals surface area (Å²) >= 11 is 0. The van der Waals surface area contributed by atoms with Gasteiger partial charge in [-0.05, 0) is 38.8 Å². The van der Waals surface area contributed by atoms with Crippen LogP contribution in [0.4, 0.5) is 0 Å². The number of rotatable bonds is 7. The number of hydrogen-bond acceptors (Lipinski definition) is 2. The minimum atomic E-state index is 0.724. The predicted molar refractivity (Wildman–Crippen MR) is 81.0 cm³/mol. The Morgan fingerprint density at radius 2 is 1.89 bits per heavy atom. The molecule has 2 heteroatoms. The van der Waals surface area contributed by atoms with Crippen LogP contribution in [0.3, 0.4) is 0 Å². The van der Waals surface area contributed by atoms with Crippen LogP contribution in [-0.2, 0) is 0 Å². The highest BCUT2D eigenvalue weighted by Crippen LogP contribution is 2.22. The number of nitrogens with zero attached hydrogens (tertiary/aromatic N) is 1. The Balaban J connectivity index is 2.54. The van der Waals surface area contributed by atoms with E-state index in [0.29, 0.717) is 0 Å². The van der Waals surface area contributed by atoms with E-state index in [2.05, 4.69) is 38.0 Å². The molecule has 1 fully saturated rings. The van der Waals surface area contributed by atoms with Gasteiger partial charge in [-0.15, -0.1) is 0 Å². The van der Waals surface area contributed by atoms with Crippen LogP contribution in [-0.4, -0.2) is 37.1 Å². The quantitative estimate of drug-likeness (QED) is 0.697. The highest BCUT2D eigenvalue weighted by atomic mass is 15.2. The normalized spacial score (nSPS) is 27.2. The summed E-state index contributed by atoms with van der Waals surface area (Å²) in [7, 11) is 2.34. The minimum Gasteiger partial charge on any atom is -0.312 e. The lowest BCUT2D eigenvalue weighted by Crippen LogP contribution is -2.49. The molecule has 3 unspecified atom stereocenters. The van der Waals surface area contributed by atoms with Crippen LogP contribution in [0.15, 0.2) is 0 Å². The van der Waals surface area contributed by atoms with Gasteiger partial charge in [-0.25, -0.2) is 0 Å². The van der Waals surface area contributed by atoms with E-state index in [-0.39, 0.29) is 0 Å². The van der Waals surface area contributed by atoms with Crippen LogP contribution in [0.2, 0.25) is 0 Å². The lowest BCUT2D eigenvalue weighted by molar-refractivity contribution is 0.160. The topological polar surface area (TPSA) is 15.3 Å². The van der Waals surface area contributed by atoms with Gasteiger partial charge in [-0.1, -0.05) is 46.5 Å². The molecule has 0 aromatic rings. The zero-order chi connectivity index (χ0) is 13.4. The summed E-state index contributed by atoms with van der Waals surface area (Å²) in [4.78, 5) is 2.63. The Labute approximate surface area is 115 Å². The van der Waals surface area contributed by atoms with Gasteiger partial charge in [0.15, 0.2) is 0 Å². The molecular formula is C16H34N2. The number of hydrogen-bond donors (Lipinski definition) is 1. The average molecular weight is 254 g/mol. The van der Waals surface area contributed by atoms with Crippen LogP contribution in [0.5, 0.6) is 0 Å². The van der Waals surface area contributed by atoms with E-state index in [0.717, 1.165) is 18.0 Å². The fourth-order valence-electron chi connectivity index (χ4n) is 3.14. The van der Waals surface area contributed by atoms with Crippen molar-refractivity contribution in [1.29, 1.82) is 0 Å². The first kappa shape index (κ1) is 16.0. The monoisotopic (exact) mass is 254 g/mol. The first-order chi connectivity index (χ1) is 8.69. The Bertz CT molecular complexity index is 205. The van der Waals surface area contributed by atoms with Crippen molar-refractivity contribution in [2.45, 2.75) is 77.8 Å². The summed E-state index contributed by atoms with van der Waals surface area (Å²) in [5.41, 5.74) is 0. The van der Waals surface area contributed by atoms with Crippen LogP contribution in [0.1, 0.15) is 65.7 Å². The fourth-order valence-corrected chi connectivity index (χ4v) is 3.14. The lowest BCUT2D eigenvalue weighted by atomic mass is 9.99. The zero-order valence-electron chi connectivity index (χ0n) is 13.0. The molecule has 3 atom stereocenters. The van der Waals surface area contributed by atoms with Crippen molar-refractivity contribution < 1.29 is 0 Å². The SMILES string of the molecule is CCCNC1CCCCCC1N(C)CC(C)CC. The van der Waals surface area contributed by atoms with E-state index in [1.165, 1.54) is 58.0 Å². The van der Waals surface area contributed by atoms with Gasteiger partial charge in [-0.3, -0.25) is 0 Å². The molecule has 1 aliphatic rings. The summed E-state index contributed by atoms with van der Waals surface area (Å²) in [5.74, 6) is 0.824. The maximum atomic E-state index is 3.79. The van der Waals surface area contributed by atoms with Crippen molar-refractivity contribution in [3.63, 3.8) is 0 Å². The van der Waals surface area contributed by atoms with Gasteiger partial charge in [0, 0.05) is 18.6 Å². The minimum absolute atomic E-state index is 0.724. The second-order valence-corrected chi connectivity index (χ2v) is 6.22. The molecule has 1 saturated carbocycles. The lowest BCUT2D eigenvalue weighted by Gasteiger charge is -2.35. The Morgan fingerprint density at radius 3 is 2.56 bits per heavy atom. The molecule has 0 bridgehead atoms. The van der Waals surface area contributed by atoms with Crippen LogP contribution >= 0.6 is 0 Å². The number of likely N-dealkylation sites (N-methyl/N-ethyl adjacent to an activating group) is 1. The van der Waals surface area contributed by atoms with Gasteiger partial charge in [0.1, 0.15) is 0 Å². The summed E-state index contributed by atoms with van der Waals surface area (Å²) in [6.45, 7) is 9.38. The predicted octanol–water partition coefficient (Wildman–Crippen LogP) is 3.67. The number of nitrogens with one attached hydrogen (secondary N) is 1. The molecule has 0 amide bonds. The second-order valence-electron chi connectivity index (χ2n) is 6.22. The van der Waals surface area contributed by atoms with E-state index >= 15 is 0 Å². The first-order valence-corrected chi connectivity index (χ1v) is 8.12. The molecule has 0 aliphatic heterocycles. The van der Waals surface area contributed by atoms with E-state index in [4.69, 9.17) is 0 Å². The van der Waals surface area contributed by atoms with Crippen molar-refractivity contribution >= 4 is 0 Å². The van der Waals surface area contributed by atoms with Crippen molar-refractivity contribution in [3.05, 3.63) is 0 Å². The standard InChI is InChI=1S/C16H34N2/c1-5-12-17-15-10-8-7-9-11-16(15)18(4)13-14(3)6-2/h14-17H,5-13H2,1-4H3. The smallest absolute Gasteiger partial charge is 0.0246 e. The molecule has 0 aromatic heterocycles. The van der Waals surface area contributed by atoms with Crippen LogP contribution < -0.4 is 5.32 Å². The summed E-state index contributed by atoms with van der Waals surface area (Å²) < 4.78 is 0. The van der Waals surface area contributed by atoms with E-state index in [9.17, 15) is 0 Å². The summed E-state index contributed by atoms with van der Waals surface area (Å²) in [6.07, 6.45) is 9.55. The molecule has 1 N–H and O–H groups in total. The van der Waals surface area contributed by atoms with Gasteiger partial charge in [0.05, 0.1) is 0 Å². The maximum absolute atomic E-state index is 3.79. The van der Waals surface area contributed by atoms with E-state index in [1.807, 2.05) is 0 Å². The highest BCUT2D eigenvalue weighted by Gasteiger charge is 2.26. The molecule has 0 saturated heterocycles. The second kappa shape index (κ2) is 8.92. The fraction of sp³-hybridized carbons (Fsp3) is 1.00. The first-order valence-electron chi connectivity index (χ1n) is 8.12.